The lowest BCUT2D eigenvalue weighted by molar-refractivity contribution is -0.141. The second-order valence-corrected chi connectivity index (χ2v) is 3.23. The minimum atomic E-state index is -0.0622. The molecule has 0 fully saturated rings. The van der Waals surface area contributed by atoms with Gasteiger partial charge in [0.05, 0.1) is 6.42 Å². The Kier molecular flexibility index (Phi) is 3.32. The van der Waals surface area contributed by atoms with E-state index in [0.717, 1.165) is 25.0 Å². The molecule has 1 heterocycles. The summed E-state index contributed by atoms with van der Waals surface area (Å²) in [5.74, 6) is 1.22. The molecule has 1 aliphatic rings. The van der Waals surface area contributed by atoms with Crippen molar-refractivity contribution in [3.8, 4) is 0 Å². The molecular formula is C10H16O2. The Morgan fingerprint density at radius 3 is 2.92 bits per heavy atom. The number of esters is 1. The lowest BCUT2D eigenvalue weighted by Crippen LogP contribution is -2.16. The summed E-state index contributed by atoms with van der Waals surface area (Å²) in [6.45, 7) is 4.19. The van der Waals surface area contributed by atoms with Gasteiger partial charge in [0, 0.05) is 6.42 Å². The van der Waals surface area contributed by atoms with E-state index >= 15 is 0 Å². The van der Waals surface area contributed by atoms with Gasteiger partial charge in [0.15, 0.2) is 0 Å². The molecule has 0 aromatic heterocycles. The van der Waals surface area contributed by atoms with E-state index in [2.05, 4.69) is 19.9 Å². The fourth-order valence-corrected chi connectivity index (χ4v) is 1.40. The molecule has 2 nitrogen and oxygen atoms in total. The van der Waals surface area contributed by atoms with E-state index in [1.54, 1.807) is 0 Å². The van der Waals surface area contributed by atoms with Crippen LogP contribution in [0.2, 0.25) is 0 Å². The fraction of sp³-hybridized carbons (Fsp3) is 0.700. The van der Waals surface area contributed by atoms with E-state index in [9.17, 15) is 4.79 Å². The maximum atomic E-state index is 11.1. The van der Waals surface area contributed by atoms with Crippen molar-refractivity contribution in [2.75, 3.05) is 0 Å². The summed E-state index contributed by atoms with van der Waals surface area (Å²) >= 11 is 0. The van der Waals surface area contributed by atoms with Gasteiger partial charge in [-0.1, -0.05) is 13.8 Å². The number of hydrogen-bond acceptors (Lipinski definition) is 2. The number of hydrogen-bond donors (Lipinski definition) is 0. The van der Waals surface area contributed by atoms with Crippen LogP contribution in [0.3, 0.4) is 0 Å². The van der Waals surface area contributed by atoms with Crippen LogP contribution in [0.15, 0.2) is 11.8 Å². The predicted octanol–water partition coefficient (Wildman–Crippen LogP) is 2.64. The van der Waals surface area contributed by atoms with Crippen molar-refractivity contribution in [2.45, 2.75) is 39.5 Å². The highest BCUT2D eigenvalue weighted by Crippen LogP contribution is 2.22. The lowest BCUT2D eigenvalue weighted by Gasteiger charge is -2.18. The Balaban J connectivity index is 2.59. The predicted molar refractivity (Wildman–Crippen MR) is 47.5 cm³/mol. The van der Waals surface area contributed by atoms with Gasteiger partial charge in [0.1, 0.15) is 5.76 Å². The van der Waals surface area contributed by atoms with Gasteiger partial charge < -0.3 is 4.74 Å². The van der Waals surface area contributed by atoms with Crippen molar-refractivity contribution in [3.63, 3.8) is 0 Å². The first-order chi connectivity index (χ1) is 5.76. The summed E-state index contributed by atoms with van der Waals surface area (Å²) < 4.78 is 5.08. The molecule has 1 aliphatic heterocycles. The first-order valence-corrected chi connectivity index (χ1v) is 4.67. The molecule has 0 radical (unpaired) electrons. The number of cyclic esters (lactones) is 1. The maximum Gasteiger partial charge on any atom is 0.311 e. The molecular weight excluding hydrogens is 152 g/mol. The minimum absolute atomic E-state index is 0.0622. The number of allylic oxidation sites excluding steroid dienone is 2. The third-order valence-corrected chi connectivity index (χ3v) is 2.12. The SMILES string of the molecule is CCCC1=CC(CC)CC(=O)O1. The van der Waals surface area contributed by atoms with Crippen LogP contribution in [0.25, 0.3) is 0 Å². The van der Waals surface area contributed by atoms with E-state index in [1.807, 2.05) is 0 Å². The van der Waals surface area contributed by atoms with E-state index in [4.69, 9.17) is 4.74 Å². The van der Waals surface area contributed by atoms with Gasteiger partial charge in [0.25, 0.3) is 0 Å². The smallest absolute Gasteiger partial charge is 0.311 e. The van der Waals surface area contributed by atoms with Crippen LogP contribution >= 0.6 is 0 Å². The summed E-state index contributed by atoms with van der Waals surface area (Å²) in [7, 11) is 0. The summed E-state index contributed by atoms with van der Waals surface area (Å²) in [5.41, 5.74) is 0. The molecule has 1 unspecified atom stereocenters. The van der Waals surface area contributed by atoms with Gasteiger partial charge in [-0.25, -0.2) is 0 Å². The van der Waals surface area contributed by atoms with Gasteiger partial charge in [-0.15, -0.1) is 0 Å². The first-order valence-electron chi connectivity index (χ1n) is 4.67. The van der Waals surface area contributed by atoms with Gasteiger partial charge in [0.2, 0.25) is 0 Å². The quantitative estimate of drug-likeness (QED) is 0.605. The van der Waals surface area contributed by atoms with E-state index < -0.39 is 0 Å². The van der Waals surface area contributed by atoms with Crippen LogP contribution in [-0.4, -0.2) is 5.97 Å². The van der Waals surface area contributed by atoms with Gasteiger partial charge in [-0.2, -0.15) is 0 Å². The maximum absolute atomic E-state index is 11.1. The number of rotatable bonds is 3. The second-order valence-electron chi connectivity index (χ2n) is 3.23. The number of carbonyl (C=O) groups excluding carboxylic acids is 1. The highest BCUT2D eigenvalue weighted by Gasteiger charge is 2.19. The Morgan fingerprint density at radius 1 is 1.58 bits per heavy atom. The van der Waals surface area contributed by atoms with Crippen LogP contribution in [-0.2, 0) is 9.53 Å². The van der Waals surface area contributed by atoms with Crippen molar-refractivity contribution in [1.29, 1.82) is 0 Å². The highest BCUT2D eigenvalue weighted by atomic mass is 16.5. The Hall–Kier alpha value is -0.790. The largest absolute Gasteiger partial charge is 0.431 e. The molecule has 0 aliphatic carbocycles. The molecule has 1 atom stereocenters. The Morgan fingerprint density at radius 2 is 2.33 bits per heavy atom. The molecule has 0 amide bonds. The van der Waals surface area contributed by atoms with Crippen LogP contribution in [0, 0.1) is 5.92 Å². The molecule has 68 valence electrons. The monoisotopic (exact) mass is 168 g/mol. The molecule has 0 spiro atoms. The molecule has 0 bridgehead atoms. The third kappa shape index (κ3) is 2.36. The second kappa shape index (κ2) is 4.29. The van der Waals surface area contributed by atoms with Crippen molar-refractivity contribution < 1.29 is 9.53 Å². The first kappa shape index (κ1) is 9.30. The molecule has 0 aromatic carbocycles. The van der Waals surface area contributed by atoms with Gasteiger partial charge in [-0.05, 0) is 24.8 Å². The topological polar surface area (TPSA) is 26.3 Å². The van der Waals surface area contributed by atoms with Crippen LogP contribution in [0.4, 0.5) is 0 Å². The average Bonchev–Trinajstić information content (AvgIpc) is 2.04. The zero-order valence-electron chi connectivity index (χ0n) is 7.80. The molecule has 0 saturated carbocycles. The minimum Gasteiger partial charge on any atom is -0.431 e. The van der Waals surface area contributed by atoms with Crippen LogP contribution in [0.5, 0.6) is 0 Å². The van der Waals surface area contributed by atoms with E-state index in [-0.39, 0.29) is 5.97 Å². The average molecular weight is 168 g/mol. The van der Waals surface area contributed by atoms with Crippen molar-refractivity contribution in [1.82, 2.24) is 0 Å². The van der Waals surface area contributed by atoms with Crippen LogP contribution < -0.4 is 0 Å². The number of carbonyl (C=O) groups is 1. The zero-order chi connectivity index (χ0) is 8.97. The summed E-state index contributed by atoms with van der Waals surface area (Å²) in [6, 6.07) is 0. The van der Waals surface area contributed by atoms with Crippen LogP contribution in [0.1, 0.15) is 39.5 Å². The highest BCUT2D eigenvalue weighted by molar-refractivity contribution is 5.72. The molecule has 1 rings (SSSR count). The number of ether oxygens (including phenoxy) is 1. The molecule has 12 heavy (non-hydrogen) atoms. The Bertz CT molecular complexity index is 194. The summed E-state index contributed by atoms with van der Waals surface area (Å²) in [5, 5.41) is 0. The fourth-order valence-electron chi connectivity index (χ4n) is 1.40. The molecule has 2 heteroatoms. The summed E-state index contributed by atoms with van der Waals surface area (Å²) in [6.07, 6.45) is 5.62. The molecule has 0 aromatic rings. The summed E-state index contributed by atoms with van der Waals surface area (Å²) in [4.78, 5) is 11.1. The molecule has 0 N–H and O–H groups in total. The zero-order valence-corrected chi connectivity index (χ0v) is 7.80. The normalized spacial score (nSPS) is 23.3. The Labute approximate surface area is 73.6 Å². The molecule has 0 saturated heterocycles. The standard InChI is InChI=1S/C10H16O2/c1-3-5-9-6-8(4-2)7-10(11)12-9/h6,8H,3-5,7H2,1-2H3. The van der Waals surface area contributed by atoms with E-state index in [0.29, 0.717) is 12.3 Å². The van der Waals surface area contributed by atoms with Crippen molar-refractivity contribution in [2.24, 2.45) is 5.92 Å². The van der Waals surface area contributed by atoms with E-state index in [1.165, 1.54) is 0 Å². The van der Waals surface area contributed by atoms with Gasteiger partial charge in [-0.3, -0.25) is 4.79 Å². The third-order valence-electron chi connectivity index (χ3n) is 2.12. The van der Waals surface area contributed by atoms with Crippen molar-refractivity contribution >= 4 is 5.97 Å². The van der Waals surface area contributed by atoms with Crippen molar-refractivity contribution in [3.05, 3.63) is 11.8 Å². The lowest BCUT2D eigenvalue weighted by atomic mass is 9.99. The van der Waals surface area contributed by atoms with Gasteiger partial charge >= 0.3 is 5.97 Å².